The molecule has 35 heavy (non-hydrogen) atoms. The van der Waals surface area contributed by atoms with Crippen LogP contribution in [-0.4, -0.2) is 14.8 Å². The zero-order valence-corrected chi connectivity index (χ0v) is 22.2. The molecule has 0 aliphatic carbocycles. The zero-order valence-electron chi connectivity index (χ0n) is 22.2. The fraction of sp³-hybridized carbons (Fsp3) is 0.667. The van der Waals surface area contributed by atoms with Gasteiger partial charge in [-0.05, 0) is 31.0 Å². The van der Waals surface area contributed by atoms with Gasteiger partial charge < -0.3 is 21.7 Å². The normalized spacial score (nSPS) is 11.3. The zero-order chi connectivity index (χ0) is 25.3. The van der Waals surface area contributed by atoms with Crippen LogP contribution in [0.25, 0.3) is 5.69 Å². The minimum Gasteiger partial charge on any atom is -0.494 e. The van der Waals surface area contributed by atoms with Crippen LogP contribution in [0.3, 0.4) is 0 Å². The number of hydrogen-bond donors (Lipinski definition) is 4. The molecule has 0 saturated heterocycles. The van der Waals surface area contributed by atoms with E-state index in [1.807, 2.05) is 0 Å². The number of aromatic hydroxyl groups is 2. The summed E-state index contributed by atoms with van der Waals surface area (Å²) in [5, 5.41) is 20.9. The molecule has 0 unspecified atom stereocenters. The van der Waals surface area contributed by atoms with Crippen LogP contribution in [0.15, 0.2) is 24.3 Å². The van der Waals surface area contributed by atoms with E-state index in [4.69, 9.17) is 11.5 Å². The molecular formula is C30H51N3O2. The Bertz CT molecular complexity index is 811. The Morgan fingerprint density at radius 3 is 1.40 bits per heavy atom. The van der Waals surface area contributed by atoms with Crippen molar-refractivity contribution in [2.24, 2.45) is 0 Å². The van der Waals surface area contributed by atoms with Crippen LogP contribution in [-0.2, 0) is 6.42 Å². The highest BCUT2D eigenvalue weighted by Gasteiger charge is 2.15. The van der Waals surface area contributed by atoms with Crippen molar-refractivity contribution in [3.05, 3.63) is 29.8 Å². The molecule has 6 N–H and O–H groups in total. The maximum atomic E-state index is 10.6. The predicted octanol–water partition coefficient (Wildman–Crippen LogP) is 8.64. The summed E-state index contributed by atoms with van der Waals surface area (Å²) >= 11 is 0. The molecule has 0 amide bonds. The summed E-state index contributed by atoms with van der Waals surface area (Å²) in [5.74, 6) is 0.0735. The lowest BCUT2D eigenvalue weighted by Gasteiger charge is -2.09. The summed E-state index contributed by atoms with van der Waals surface area (Å²) in [6.45, 7) is 2.28. The number of nitrogens with two attached hydrogens (primary N) is 2. The molecule has 0 atom stereocenters. The smallest absolute Gasteiger partial charge is 0.201 e. The summed E-state index contributed by atoms with van der Waals surface area (Å²) in [6.07, 6.45) is 25.1. The molecule has 2 aromatic rings. The van der Waals surface area contributed by atoms with Crippen molar-refractivity contribution in [2.45, 2.75) is 129 Å². The van der Waals surface area contributed by atoms with Crippen molar-refractivity contribution in [1.29, 1.82) is 0 Å². The van der Waals surface area contributed by atoms with Gasteiger partial charge in [-0.3, -0.25) is 4.57 Å². The van der Waals surface area contributed by atoms with Crippen LogP contribution >= 0.6 is 0 Å². The van der Waals surface area contributed by atoms with Gasteiger partial charge in [0.05, 0.1) is 5.69 Å². The van der Waals surface area contributed by atoms with Crippen molar-refractivity contribution < 1.29 is 10.2 Å². The first-order chi connectivity index (χ1) is 17.0. The minimum atomic E-state index is 0.00455. The number of nitrogen functional groups attached to an aromatic ring is 2. The maximum absolute atomic E-state index is 10.6. The number of benzene rings is 1. The van der Waals surface area contributed by atoms with E-state index < -0.39 is 0 Å². The van der Waals surface area contributed by atoms with Gasteiger partial charge >= 0.3 is 0 Å². The number of hydrogen-bond acceptors (Lipinski definition) is 4. The lowest BCUT2D eigenvalue weighted by molar-refractivity contribution is 0.400. The quantitative estimate of drug-likeness (QED) is 0.111. The van der Waals surface area contributed by atoms with E-state index in [0.717, 1.165) is 24.8 Å². The van der Waals surface area contributed by atoms with Crippen molar-refractivity contribution in [3.8, 4) is 17.4 Å². The van der Waals surface area contributed by atoms with Crippen LogP contribution < -0.4 is 11.5 Å². The number of rotatable bonds is 20. The van der Waals surface area contributed by atoms with Crippen LogP contribution in [0.5, 0.6) is 11.8 Å². The summed E-state index contributed by atoms with van der Waals surface area (Å²) in [7, 11) is 0. The molecule has 1 aromatic carbocycles. The fourth-order valence-corrected chi connectivity index (χ4v) is 4.98. The third-order valence-corrected chi connectivity index (χ3v) is 7.05. The number of aryl methyl sites for hydroxylation is 1. The van der Waals surface area contributed by atoms with Gasteiger partial charge in [0, 0.05) is 23.0 Å². The highest BCUT2D eigenvalue weighted by atomic mass is 16.3. The summed E-state index contributed by atoms with van der Waals surface area (Å²) in [6, 6.07) is 6.68. The Hall–Kier alpha value is -2.30. The first-order valence-corrected chi connectivity index (χ1v) is 14.3. The average Bonchev–Trinajstić information content (AvgIpc) is 3.10. The van der Waals surface area contributed by atoms with Crippen LogP contribution in [0, 0.1) is 0 Å². The Labute approximate surface area is 213 Å². The van der Waals surface area contributed by atoms with E-state index in [1.165, 1.54) is 107 Å². The van der Waals surface area contributed by atoms with E-state index in [2.05, 4.69) is 6.92 Å². The van der Waals surface area contributed by atoms with E-state index in [0.29, 0.717) is 17.1 Å². The topological polar surface area (TPSA) is 97.4 Å². The Kier molecular flexibility index (Phi) is 14.2. The van der Waals surface area contributed by atoms with Gasteiger partial charge in [-0.2, -0.15) is 0 Å². The molecular weight excluding hydrogens is 434 g/mol. The van der Waals surface area contributed by atoms with Gasteiger partial charge in [-0.15, -0.1) is 0 Å². The molecule has 1 heterocycles. The van der Waals surface area contributed by atoms with Crippen LogP contribution in [0.2, 0.25) is 0 Å². The highest BCUT2D eigenvalue weighted by molar-refractivity contribution is 5.61. The van der Waals surface area contributed by atoms with Gasteiger partial charge in [-0.25, -0.2) is 0 Å². The molecule has 0 fully saturated rings. The van der Waals surface area contributed by atoms with Crippen molar-refractivity contribution in [2.75, 3.05) is 11.5 Å². The molecule has 0 saturated carbocycles. The van der Waals surface area contributed by atoms with Crippen LogP contribution in [0.4, 0.5) is 11.4 Å². The van der Waals surface area contributed by atoms with Gasteiger partial charge in [0.25, 0.3) is 0 Å². The third-order valence-electron chi connectivity index (χ3n) is 7.05. The van der Waals surface area contributed by atoms with Crippen molar-refractivity contribution >= 4 is 11.4 Å². The Morgan fingerprint density at radius 1 is 0.571 bits per heavy atom. The lowest BCUT2D eigenvalue weighted by Crippen LogP contribution is -1.98. The molecule has 0 spiro atoms. The molecule has 5 heteroatoms. The highest BCUT2D eigenvalue weighted by Crippen LogP contribution is 2.34. The summed E-state index contributed by atoms with van der Waals surface area (Å²) < 4.78 is 1.40. The van der Waals surface area contributed by atoms with Gasteiger partial charge in [0.1, 0.15) is 0 Å². The standard InChI is InChI=1S/C30H51N3O2/c1-2-3-4-5-6-7-8-9-10-11-12-13-14-15-16-17-18-19-20-25-21-29(34)33(30(25)35)28-23-26(31)22-27(32)24-28/h21-24,34-35H,2-20,31-32H2,1H3. The molecule has 0 bridgehead atoms. The Balaban J connectivity index is 1.47. The molecule has 0 aliphatic rings. The van der Waals surface area contributed by atoms with Crippen molar-refractivity contribution in [3.63, 3.8) is 0 Å². The first kappa shape index (κ1) is 28.9. The first-order valence-electron chi connectivity index (χ1n) is 14.3. The van der Waals surface area contributed by atoms with E-state index in [-0.39, 0.29) is 11.8 Å². The van der Waals surface area contributed by atoms with Crippen LogP contribution in [0.1, 0.15) is 128 Å². The minimum absolute atomic E-state index is 0.00455. The number of nitrogens with zero attached hydrogens (tertiary/aromatic N) is 1. The monoisotopic (exact) mass is 485 g/mol. The van der Waals surface area contributed by atoms with Crippen molar-refractivity contribution in [1.82, 2.24) is 4.57 Å². The molecule has 2 rings (SSSR count). The van der Waals surface area contributed by atoms with Gasteiger partial charge in [-0.1, -0.05) is 116 Å². The largest absolute Gasteiger partial charge is 0.494 e. The van der Waals surface area contributed by atoms with E-state index in [9.17, 15) is 10.2 Å². The molecule has 0 radical (unpaired) electrons. The summed E-state index contributed by atoms with van der Waals surface area (Å²) in [4.78, 5) is 0. The molecule has 0 aliphatic heterocycles. The molecule has 5 nitrogen and oxygen atoms in total. The van der Waals surface area contributed by atoms with E-state index >= 15 is 0 Å². The van der Waals surface area contributed by atoms with Gasteiger partial charge in [0.15, 0.2) is 5.88 Å². The summed E-state index contributed by atoms with van der Waals surface area (Å²) in [5.41, 5.74) is 14.0. The maximum Gasteiger partial charge on any atom is 0.201 e. The second-order valence-corrected chi connectivity index (χ2v) is 10.3. The third kappa shape index (κ3) is 11.3. The predicted molar refractivity (Wildman–Crippen MR) is 150 cm³/mol. The van der Waals surface area contributed by atoms with E-state index in [1.54, 1.807) is 24.3 Å². The van der Waals surface area contributed by atoms with Gasteiger partial charge in [0.2, 0.25) is 5.88 Å². The second-order valence-electron chi connectivity index (χ2n) is 10.3. The number of unbranched alkanes of at least 4 members (excludes halogenated alkanes) is 17. The Morgan fingerprint density at radius 2 is 0.971 bits per heavy atom. The fourth-order valence-electron chi connectivity index (χ4n) is 4.98. The second kappa shape index (κ2) is 17.2. The lowest BCUT2D eigenvalue weighted by atomic mass is 10.0. The number of aromatic nitrogens is 1. The average molecular weight is 486 g/mol. The molecule has 198 valence electrons. The SMILES string of the molecule is CCCCCCCCCCCCCCCCCCCCc1cc(O)n(-c2cc(N)cc(N)c2)c1O. The molecule has 1 aromatic heterocycles. The number of anilines is 2.